The van der Waals surface area contributed by atoms with Crippen molar-refractivity contribution >= 4 is 36.4 Å². The third-order valence-corrected chi connectivity index (χ3v) is 5.46. The predicted molar refractivity (Wildman–Crippen MR) is 124 cm³/mol. The first-order chi connectivity index (χ1) is 12.4. The third-order valence-electron chi connectivity index (χ3n) is 5.46. The summed E-state index contributed by atoms with van der Waals surface area (Å²) in [7, 11) is 1.89. The van der Waals surface area contributed by atoms with E-state index in [0.717, 1.165) is 45.7 Å². The van der Waals surface area contributed by atoms with Crippen molar-refractivity contribution in [2.24, 2.45) is 11.7 Å². The van der Waals surface area contributed by atoms with Crippen LogP contribution in [0.4, 0.5) is 5.69 Å². The minimum atomic E-state index is 0. The number of anilines is 1. The zero-order valence-corrected chi connectivity index (χ0v) is 19.4. The maximum Gasteiger partial charge on any atom is 0.223 e. The molecule has 7 heteroatoms. The van der Waals surface area contributed by atoms with E-state index in [2.05, 4.69) is 54.8 Å². The van der Waals surface area contributed by atoms with Crippen molar-refractivity contribution in [2.45, 2.75) is 39.7 Å². The number of rotatable bonds is 8. The first-order valence-corrected chi connectivity index (χ1v) is 9.90. The lowest BCUT2D eigenvalue weighted by Crippen LogP contribution is -2.47. The molecule has 1 saturated heterocycles. The molecule has 0 aromatic heterocycles. The second-order valence-electron chi connectivity index (χ2n) is 7.93. The van der Waals surface area contributed by atoms with Gasteiger partial charge in [0.2, 0.25) is 5.91 Å². The Bertz CT molecular complexity index is 577. The fraction of sp³-hybridized carbons (Fsp3) is 0.667. The highest BCUT2D eigenvalue weighted by Gasteiger charge is 2.19. The van der Waals surface area contributed by atoms with Crippen molar-refractivity contribution in [2.75, 3.05) is 51.2 Å². The summed E-state index contributed by atoms with van der Waals surface area (Å²) < 4.78 is 0. The fourth-order valence-corrected chi connectivity index (χ4v) is 3.30. The molecular formula is C21H38Cl2N4O. The van der Waals surface area contributed by atoms with Gasteiger partial charge in [0.25, 0.3) is 0 Å². The van der Waals surface area contributed by atoms with Crippen molar-refractivity contribution in [1.82, 2.24) is 9.80 Å². The van der Waals surface area contributed by atoms with Gasteiger partial charge in [0.05, 0.1) is 0 Å². The second kappa shape index (κ2) is 13.3. The Balaban J connectivity index is 0.00000364. The summed E-state index contributed by atoms with van der Waals surface area (Å²) in [5, 5.41) is 0. The standard InChI is InChI=1S/C21H36N4O.2ClH/c1-17(2)20(22)8-10-23(4)21(26)9-11-24-12-14-25(15-13-24)19-7-5-6-18(3)16-19;;/h5-7,16-17,20H,8-15,22H2,1-4H3;2*1H. The molecule has 0 bridgehead atoms. The molecule has 1 aromatic carbocycles. The van der Waals surface area contributed by atoms with Gasteiger partial charge in [-0.2, -0.15) is 0 Å². The number of nitrogens with two attached hydrogens (primary N) is 1. The van der Waals surface area contributed by atoms with Crippen LogP contribution >= 0.6 is 24.8 Å². The number of carbonyl (C=O) groups excluding carboxylic acids is 1. The average molecular weight is 433 g/mol. The van der Waals surface area contributed by atoms with Gasteiger partial charge in [0, 0.05) is 64.5 Å². The van der Waals surface area contributed by atoms with Crippen LogP contribution in [0.25, 0.3) is 0 Å². The summed E-state index contributed by atoms with van der Waals surface area (Å²) in [5.74, 6) is 0.685. The Morgan fingerprint density at radius 3 is 2.39 bits per heavy atom. The van der Waals surface area contributed by atoms with Crippen molar-refractivity contribution < 1.29 is 4.79 Å². The number of nitrogens with zero attached hydrogens (tertiary/aromatic N) is 3. The Hall–Kier alpha value is -1.01. The first kappa shape index (κ1) is 27.0. The highest BCUT2D eigenvalue weighted by molar-refractivity contribution is 5.85. The lowest BCUT2D eigenvalue weighted by atomic mass is 10.0. The van der Waals surface area contributed by atoms with E-state index in [-0.39, 0.29) is 36.8 Å². The summed E-state index contributed by atoms with van der Waals surface area (Å²) in [4.78, 5) is 19.0. The lowest BCUT2D eigenvalue weighted by Gasteiger charge is -2.36. The van der Waals surface area contributed by atoms with Crippen LogP contribution in [-0.4, -0.2) is 68.1 Å². The quantitative estimate of drug-likeness (QED) is 0.684. The largest absolute Gasteiger partial charge is 0.369 e. The molecular weight excluding hydrogens is 395 g/mol. The normalized spacial score (nSPS) is 15.6. The number of hydrogen-bond acceptors (Lipinski definition) is 4. The van der Waals surface area contributed by atoms with Gasteiger partial charge in [0.15, 0.2) is 0 Å². The molecule has 1 fully saturated rings. The van der Waals surface area contributed by atoms with Gasteiger partial charge in [-0.25, -0.2) is 0 Å². The van der Waals surface area contributed by atoms with Gasteiger partial charge < -0.3 is 15.5 Å². The van der Waals surface area contributed by atoms with E-state index in [0.29, 0.717) is 12.3 Å². The van der Waals surface area contributed by atoms with Gasteiger partial charge >= 0.3 is 0 Å². The van der Waals surface area contributed by atoms with Crippen LogP contribution in [0.1, 0.15) is 32.3 Å². The number of halogens is 2. The second-order valence-corrected chi connectivity index (χ2v) is 7.93. The molecule has 162 valence electrons. The molecule has 0 radical (unpaired) electrons. The summed E-state index contributed by atoms with van der Waals surface area (Å²) in [6.45, 7) is 12.1. The van der Waals surface area contributed by atoms with E-state index < -0.39 is 0 Å². The average Bonchev–Trinajstić information content (AvgIpc) is 2.64. The zero-order valence-electron chi connectivity index (χ0n) is 17.8. The van der Waals surface area contributed by atoms with Gasteiger partial charge in [-0.1, -0.05) is 26.0 Å². The topological polar surface area (TPSA) is 52.8 Å². The number of aryl methyl sites for hydroxylation is 1. The number of benzene rings is 1. The number of carbonyl (C=O) groups is 1. The molecule has 1 aliphatic rings. The molecule has 2 N–H and O–H groups in total. The minimum Gasteiger partial charge on any atom is -0.369 e. The van der Waals surface area contributed by atoms with Gasteiger partial charge in [-0.05, 0) is 37.0 Å². The van der Waals surface area contributed by atoms with Crippen LogP contribution in [0.15, 0.2) is 24.3 Å². The van der Waals surface area contributed by atoms with Crippen LogP contribution in [0.3, 0.4) is 0 Å². The highest BCUT2D eigenvalue weighted by atomic mass is 35.5. The predicted octanol–water partition coefficient (Wildman–Crippen LogP) is 3.18. The molecule has 1 unspecified atom stereocenters. The maximum absolute atomic E-state index is 12.3. The highest BCUT2D eigenvalue weighted by Crippen LogP contribution is 2.17. The number of amides is 1. The molecule has 1 aliphatic heterocycles. The van der Waals surface area contributed by atoms with Crippen LogP contribution in [0.2, 0.25) is 0 Å². The van der Waals surface area contributed by atoms with E-state index in [9.17, 15) is 4.79 Å². The molecule has 5 nitrogen and oxygen atoms in total. The Morgan fingerprint density at radius 1 is 1.18 bits per heavy atom. The van der Waals surface area contributed by atoms with Crippen molar-refractivity contribution in [1.29, 1.82) is 0 Å². The molecule has 1 atom stereocenters. The first-order valence-electron chi connectivity index (χ1n) is 9.90. The van der Waals surface area contributed by atoms with E-state index in [4.69, 9.17) is 5.73 Å². The fourth-order valence-electron chi connectivity index (χ4n) is 3.30. The van der Waals surface area contributed by atoms with E-state index in [1.807, 2.05) is 11.9 Å². The third kappa shape index (κ3) is 8.56. The molecule has 28 heavy (non-hydrogen) atoms. The molecule has 1 amide bonds. The molecule has 0 spiro atoms. The van der Waals surface area contributed by atoms with Gasteiger partial charge in [0.1, 0.15) is 0 Å². The molecule has 0 saturated carbocycles. The van der Waals surface area contributed by atoms with Crippen LogP contribution in [0.5, 0.6) is 0 Å². The summed E-state index contributed by atoms with van der Waals surface area (Å²) in [6, 6.07) is 8.85. The smallest absolute Gasteiger partial charge is 0.223 e. The van der Waals surface area contributed by atoms with Crippen LogP contribution in [0, 0.1) is 12.8 Å². The van der Waals surface area contributed by atoms with Crippen LogP contribution in [-0.2, 0) is 4.79 Å². The summed E-state index contributed by atoms with van der Waals surface area (Å²) in [6.07, 6.45) is 1.47. The van der Waals surface area contributed by atoms with E-state index >= 15 is 0 Å². The molecule has 1 aromatic rings. The Kier molecular flexibility index (Phi) is 12.8. The van der Waals surface area contributed by atoms with Crippen molar-refractivity contribution in [3.63, 3.8) is 0 Å². The van der Waals surface area contributed by atoms with E-state index in [1.54, 1.807) is 0 Å². The van der Waals surface area contributed by atoms with Crippen LogP contribution < -0.4 is 10.6 Å². The van der Waals surface area contributed by atoms with E-state index in [1.165, 1.54) is 11.3 Å². The molecule has 0 aliphatic carbocycles. The van der Waals surface area contributed by atoms with Gasteiger partial charge in [-0.15, -0.1) is 24.8 Å². The maximum atomic E-state index is 12.3. The Morgan fingerprint density at radius 2 is 1.82 bits per heavy atom. The monoisotopic (exact) mass is 432 g/mol. The van der Waals surface area contributed by atoms with Crippen molar-refractivity contribution in [3.05, 3.63) is 29.8 Å². The number of piperazine rings is 1. The SMILES string of the molecule is Cc1cccc(N2CCN(CCC(=O)N(C)CCC(N)C(C)C)CC2)c1.Cl.Cl. The lowest BCUT2D eigenvalue weighted by molar-refractivity contribution is -0.130. The Labute approximate surface area is 183 Å². The summed E-state index contributed by atoms with van der Waals surface area (Å²) in [5.41, 5.74) is 8.68. The molecule has 1 heterocycles. The summed E-state index contributed by atoms with van der Waals surface area (Å²) >= 11 is 0. The zero-order chi connectivity index (χ0) is 19.1. The minimum absolute atomic E-state index is 0. The van der Waals surface area contributed by atoms with Gasteiger partial charge in [-0.3, -0.25) is 9.69 Å². The van der Waals surface area contributed by atoms with Crippen molar-refractivity contribution in [3.8, 4) is 0 Å². The number of hydrogen-bond donors (Lipinski definition) is 1. The molecule has 2 rings (SSSR count).